The lowest BCUT2D eigenvalue weighted by atomic mass is 9.81. The molecule has 1 aromatic heterocycles. The van der Waals surface area contributed by atoms with E-state index in [1.807, 2.05) is 60.7 Å². The van der Waals surface area contributed by atoms with Crippen LogP contribution in [0.25, 0.3) is 0 Å². The highest BCUT2D eigenvalue weighted by Crippen LogP contribution is 2.38. The molecule has 1 aliphatic carbocycles. The quantitative estimate of drug-likeness (QED) is 0.666. The number of carboxylic acid groups (broad SMARTS) is 1. The van der Waals surface area contributed by atoms with Gasteiger partial charge in [0.05, 0.1) is 5.69 Å². The SMILES string of the molecule is COC(c1ccccc1)(c1ccccc1)C(Oc1ncc2c(n1)CCC2)C(=O)O. The zero-order valence-electron chi connectivity index (χ0n) is 16.1. The summed E-state index contributed by atoms with van der Waals surface area (Å²) in [6.07, 6.45) is 3.14. The first-order valence-corrected chi connectivity index (χ1v) is 9.55. The highest BCUT2D eigenvalue weighted by atomic mass is 16.6. The van der Waals surface area contributed by atoms with Gasteiger partial charge in [-0.05, 0) is 36.0 Å². The molecule has 1 N–H and O–H groups in total. The van der Waals surface area contributed by atoms with E-state index in [2.05, 4.69) is 9.97 Å². The van der Waals surface area contributed by atoms with Crippen molar-refractivity contribution in [1.82, 2.24) is 9.97 Å². The van der Waals surface area contributed by atoms with E-state index >= 15 is 0 Å². The molecule has 1 unspecified atom stereocenters. The number of ether oxygens (including phenoxy) is 2. The lowest BCUT2D eigenvalue weighted by molar-refractivity contribution is -0.160. The number of rotatable bonds is 7. The Morgan fingerprint density at radius 3 is 2.21 bits per heavy atom. The van der Waals surface area contributed by atoms with E-state index in [0.29, 0.717) is 11.1 Å². The van der Waals surface area contributed by atoms with Gasteiger partial charge in [-0.25, -0.2) is 9.78 Å². The van der Waals surface area contributed by atoms with Gasteiger partial charge < -0.3 is 14.6 Å². The Hall–Kier alpha value is -3.25. The molecule has 0 aliphatic heterocycles. The van der Waals surface area contributed by atoms with Crippen molar-refractivity contribution < 1.29 is 19.4 Å². The minimum absolute atomic E-state index is 0.0475. The Morgan fingerprint density at radius 2 is 1.66 bits per heavy atom. The van der Waals surface area contributed by atoms with E-state index < -0.39 is 17.7 Å². The monoisotopic (exact) mass is 390 g/mol. The Kier molecular flexibility index (Phi) is 5.27. The molecule has 0 saturated heterocycles. The van der Waals surface area contributed by atoms with Gasteiger partial charge >= 0.3 is 12.0 Å². The van der Waals surface area contributed by atoms with Crippen LogP contribution >= 0.6 is 0 Å². The second-order valence-corrected chi connectivity index (χ2v) is 6.99. The molecule has 0 fully saturated rings. The molecule has 1 heterocycles. The molecule has 2 aromatic carbocycles. The Labute approximate surface area is 169 Å². The zero-order chi connectivity index (χ0) is 20.3. The molecule has 0 radical (unpaired) electrons. The summed E-state index contributed by atoms with van der Waals surface area (Å²) in [5.41, 5.74) is 1.97. The number of fused-ring (bicyclic) bond motifs is 1. The molecular formula is C23H22N2O4. The first-order chi connectivity index (χ1) is 14.1. The topological polar surface area (TPSA) is 81.5 Å². The van der Waals surface area contributed by atoms with Gasteiger partial charge in [0, 0.05) is 13.3 Å². The Morgan fingerprint density at radius 1 is 1.03 bits per heavy atom. The Balaban J connectivity index is 1.83. The average Bonchev–Trinajstić information content (AvgIpc) is 3.23. The number of nitrogens with zero attached hydrogens (tertiary/aromatic N) is 2. The summed E-state index contributed by atoms with van der Waals surface area (Å²) in [7, 11) is 1.49. The molecular weight excluding hydrogens is 368 g/mol. The van der Waals surface area contributed by atoms with Gasteiger partial charge in [-0.15, -0.1) is 0 Å². The largest absolute Gasteiger partial charge is 0.478 e. The van der Waals surface area contributed by atoms with Gasteiger partial charge in [0.1, 0.15) is 0 Å². The molecule has 1 atom stereocenters. The summed E-state index contributed by atoms with van der Waals surface area (Å²) in [6.45, 7) is 0. The number of carbonyl (C=O) groups is 1. The fraction of sp³-hybridized carbons (Fsp3) is 0.261. The molecule has 6 nitrogen and oxygen atoms in total. The van der Waals surface area contributed by atoms with E-state index in [1.165, 1.54) is 7.11 Å². The molecule has 0 bridgehead atoms. The maximum absolute atomic E-state index is 12.4. The standard InChI is InChI=1S/C23H22N2O4/c1-28-23(17-10-4-2-5-11-17,18-12-6-3-7-13-18)20(21(26)27)29-22-24-15-16-9-8-14-19(16)25-22/h2-7,10-13,15,20H,8-9,14H2,1H3,(H,26,27). The third-order valence-corrected chi connectivity index (χ3v) is 5.34. The predicted octanol–water partition coefficient (Wildman–Crippen LogP) is 3.39. The summed E-state index contributed by atoms with van der Waals surface area (Å²) in [5, 5.41) is 10.2. The van der Waals surface area contributed by atoms with Crippen molar-refractivity contribution in [2.75, 3.05) is 7.11 Å². The minimum Gasteiger partial charge on any atom is -0.478 e. The molecule has 0 spiro atoms. The number of aliphatic carboxylic acids is 1. The van der Waals surface area contributed by atoms with E-state index in [0.717, 1.165) is 30.5 Å². The molecule has 1 aliphatic rings. The molecule has 0 saturated carbocycles. The predicted molar refractivity (Wildman–Crippen MR) is 107 cm³/mol. The summed E-state index contributed by atoms with van der Waals surface area (Å²) in [4.78, 5) is 21.1. The second-order valence-electron chi connectivity index (χ2n) is 6.99. The number of aryl methyl sites for hydroxylation is 2. The van der Waals surface area contributed by atoms with Crippen molar-refractivity contribution >= 4 is 5.97 Å². The average molecular weight is 390 g/mol. The van der Waals surface area contributed by atoms with Crippen LogP contribution in [0.4, 0.5) is 0 Å². The van der Waals surface area contributed by atoms with Crippen LogP contribution in [0.3, 0.4) is 0 Å². The minimum atomic E-state index is -1.39. The highest BCUT2D eigenvalue weighted by molar-refractivity contribution is 5.76. The molecule has 6 heteroatoms. The number of hydrogen-bond acceptors (Lipinski definition) is 5. The summed E-state index contributed by atoms with van der Waals surface area (Å²) in [5.74, 6) is -1.16. The van der Waals surface area contributed by atoms with Crippen molar-refractivity contribution in [2.24, 2.45) is 0 Å². The normalized spacial score (nSPS) is 14.2. The fourth-order valence-corrected chi connectivity index (χ4v) is 3.95. The first-order valence-electron chi connectivity index (χ1n) is 9.55. The fourth-order valence-electron chi connectivity index (χ4n) is 3.95. The molecule has 0 amide bonds. The maximum Gasteiger partial charge on any atom is 0.348 e. The van der Waals surface area contributed by atoms with Gasteiger partial charge in [0.15, 0.2) is 5.60 Å². The van der Waals surface area contributed by atoms with Crippen molar-refractivity contribution in [3.05, 3.63) is 89.2 Å². The summed E-state index contributed by atoms with van der Waals surface area (Å²) in [6, 6.07) is 18.5. The van der Waals surface area contributed by atoms with Crippen LogP contribution in [0, 0.1) is 0 Å². The van der Waals surface area contributed by atoms with Gasteiger partial charge in [-0.2, -0.15) is 4.98 Å². The number of benzene rings is 2. The van der Waals surface area contributed by atoms with Gasteiger partial charge in [-0.1, -0.05) is 60.7 Å². The van der Waals surface area contributed by atoms with Crippen molar-refractivity contribution in [1.29, 1.82) is 0 Å². The van der Waals surface area contributed by atoms with Crippen molar-refractivity contribution in [3.63, 3.8) is 0 Å². The third-order valence-electron chi connectivity index (χ3n) is 5.34. The Bertz CT molecular complexity index is 953. The lowest BCUT2D eigenvalue weighted by Crippen LogP contribution is -2.50. The van der Waals surface area contributed by atoms with Crippen LogP contribution in [0.5, 0.6) is 6.01 Å². The molecule has 3 aromatic rings. The highest BCUT2D eigenvalue weighted by Gasteiger charge is 2.49. The number of methoxy groups -OCH3 is 1. The number of carboxylic acids is 1. The number of hydrogen-bond donors (Lipinski definition) is 1. The van der Waals surface area contributed by atoms with Crippen LogP contribution in [-0.4, -0.2) is 34.3 Å². The van der Waals surface area contributed by atoms with Crippen LogP contribution in [-0.2, 0) is 28.0 Å². The van der Waals surface area contributed by atoms with Crippen molar-refractivity contribution in [3.8, 4) is 6.01 Å². The van der Waals surface area contributed by atoms with Crippen LogP contribution in [0.1, 0.15) is 28.8 Å². The van der Waals surface area contributed by atoms with E-state index in [4.69, 9.17) is 9.47 Å². The van der Waals surface area contributed by atoms with Gasteiger partial charge in [0.2, 0.25) is 6.10 Å². The van der Waals surface area contributed by atoms with E-state index in [1.54, 1.807) is 6.20 Å². The van der Waals surface area contributed by atoms with Crippen molar-refractivity contribution in [2.45, 2.75) is 31.0 Å². The summed E-state index contributed by atoms with van der Waals surface area (Å²) < 4.78 is 11.9. The van der Waals surface area contributed by atoms with Crippen LogP contribution in [0.15, 0.2) is 66.9 Å². The van der Waals surface area contributed by atoms with Crippen LogP contribution < -0.4 is 4.74 Å². The smallest absolute Gasteiger partial charge is 0.348 e. The molecule has 29 heavy (non-hydrogen) atoms. The lowest BCUT2D eigenvalue weighted by Gasteiger charge is -2.37. The summed E-state index contributed by atoms with van der Waals surface area (Å²) >= 11 is 0. The van der Waals surface area contributed by atoms with Gasteiger partial charge in [-0.3, -0.25) is 0 Å². The zero-order valence-corrected chi connectivity index (χ0v) is 16.1. The molecule has 4 rings (SSSR count). The third kappa shape index (κ3) is 3.47. The second kappa shape index (κ2) is 8.01. The van der Waals surface area contributed by atoms with Gasteiger partial charge in [0.25, 0.3) is 0 Å². The maximum atomic E-state index is 12.4. The van der Waals surface area contributed by atoms with E-state index in [-0.39, 0.29) is 6.01 Å². The van der Waals surface area contributed by atoms with E-state index in [9.17, 15) is 9.90 Å². The van der Waals surface area contributed by atoms with Crippen LogP contribution in [0.2, 0.25) is 0 Å². The first kappa shape index (κ1) is 19.1. The molecule has 148 valence electrons. The number of aromatic nitrogens is 2.